The number of rotatable bonds is 9. The number of aryl methyl sites for hydroxylation is 1. The number of carboxylic acid groups (broad SMARTS) is 1. The fourth-order valence-electron chi connectivity index (χ4n) is 2.50. The summed E-state index contributed by atoms with van der Waals surface area (Å²) in [6.45, 7) is 10.8. The molecule has 0 spiro atoms. The van der Waals surface area contributed by atoms with Crippen molar-refractivity contribution in [2.24, 2.45) is 0 Å². The molecular formula is C16H24N2O3. The quantitative estimate of drug-likeness (QED) is 0.560. The molecule has 0 unspecified atom stereocenters. The number of nitrogens with zero attached hydrogens (tertiary/aromatic N) is 2. The Labute approximate surface area is 125 Å². The third-order valence-electron chi connectivity index (χ3n) is 3.45. The van der Waals surface area contributed by atoms with E-state index >= 15 is 0 Å². The lowest BCUT2D eigenvalue weighted by atomic mass is 10.1. The van der Waals surface area contributed by atoms with Crippen molar-refractivity contribution in [3.63, 3.8) is 0 Å². The topological polar surface area (TPSA) is 62.5 Å². The van der Waals surface area contributed by atoms with Crippen LogP contribution < -0.4 is 0 Å². The minimum atomic E-state index is -0.909. The lowest BCUT2D eigenvalue weighted by molar-refractivity contribution is -0.138. The van der Waals surface area contributed by atoms with Crippen molar-refractivity contribution in [2.75, 3.05) is 19.6 Å². The molecule has 0 saturated heterocycles. The van der Waals surface area contributed by atoms with Gasteiger partial charge in [0.15, 0.2) is 5.78 Å². The zero-order valence-electron chi connectivity index (χ0n) is 13.1. The normalized spacial score (nSPS) is 10.9. The number of ketones is 1. The number of carboxylic acids is 1. The monoisotopic (exact) mass is 292 g/mol. The van der Waals surface area contributed by atoms with Gasteiger partial charge in [0.2, 0.25) is 0 Å². The molecule has 5 nitrogen and oxygen atoms in total. The highest BCUT2D eigenvalue weighted by Gasteiger charge is 2.19. The third-order valence-corrected chi connectivity index (χ3v) is 3.45. The average Bonchev–Trinajstić information content (AvgIpc) is 2.67. The highest BCUT2D eigenvalue weighted by molar-refractivity contribution is 5.99. The van der Waals surface area contributed by atoms with Crippen molar-refractivity contribution in [1.29, 1.82) is 0 Å². The largest absolute Gasteiger partial charge is 0.480 e. The van der Waals surface area contributed by atoms with E-state index < -0.39 is 5.97 Å². The molecule has 0 saturated carbocycles. The van der Waals surface area contributed by atoms with E-state index in [-0.39, 0.29) is 18.9 Å². The molecule has 5 heteroatoms. The minimum Gasteiger partial charge on any atom is -0.480 e. The van der Waals surface area contributed by atoms with Gasteiger partial charge in [-0.3, -0.25) is 14.5 Å². The molecule has 1 N–H and O–H groups in total. The van der Waals surface area contributed by atoms with Gasteiger partial charge in [-0.2, -0.15) is 0 Å². The molecule has 0 aromatic carbocycles. The van der Waals surface area contributed by atoms with Gasteiger partial charge in [0.05, 0.1) is 13.1 Å². The summed E-state index contributed by atoms with van der Waals surface area (Å²) in [4.78, 5) is 24.9. The molecule has 0 aliphatic rings. The van der Waals surface area contributed by atoms with Crippen LogP contribution in [0.15, 0.2) is 18.7 Å². The predicted octanol–water partition coefficient (Wildman–Crippen LogP) is 2.27. The average molecular weight is 292 g/mol. The molecule has 1 aromatic rings. The maximum atomic E-state index is 12.4. The third kappa shape index (κ3) is 4.56. The van der Waals surface area contributed by atoms with E-state index in [9.17, 15) is 9.59 Å². The molecule has 0 fully saturated rings. The molecule has 116 valence electrons. The SMILES string of the molecule is C=CCn1c(C)cc(C(=O)CN(CCC)CC(=O)O)c1C. The number of carbonyl (C=O) groups is 2. The van der Waals surface area contributed by atoms with Gasteiger partial charge in [-0.05, 0) is 32.9 Å². The summed E-state index contributed by atoms with van der Waals surface area (Å²) in [6.07, 6.45) is 2.61. The van der Waals surface area contributed by atoms with Crippen LogP contribution in [-0.2, 0) is 11.3 Å². The van der Waals surface area contributed by atoms with Crippen LogP contribution in [0, 0.1) is 13.8 Å². The second kappa shape index (κ2) is 7.78. The summed E-state index contributed by atoms with van der Waals surface area (Å²) < 4.78 is 2.03. The number of allylic oxidation sites excluding steroid dienone is 1. The Bertz CT molecular complexity index is 532. The first kappa shape index (κ1) is 17.2. The van der Waals surface area contributed by atoms with E-state index in [0.29, 0.717) is 18.7 Å². The molecule has 0 atom stereocenters. The van der Waals surface area contributed by atoms with Crippen LogP contribution in [0.2, 0.25) is 0 Å². The van der Waals surface area contributed by atoms with E-state index in [1.54, 1.807) is 11.0 Å². The highest BCUT2D eigenvalue weighted by atomic mass is 16.4. The molecule has 1 heterocycles. The Morgan fingerprint density at radius 2 is 2.05 bits per heavy atom. The van der Waals surface area contributed by atoms with Crippen LogP contribution in [0.5, 0.6) is 0 Å². The molecule has 0 aliphatic heterocycles. The molecule has 0 radical (unpaired) electrons. The van der Waals surface area contributed by atoms with Crippen molar-refractivity contribution in [1.82, 2.24) is 9.47 Å². The van der Waals surface area contributed by atoms with Gasteiger partial charge in [-0.1, -0.05) is 13.0 Å². The summed E-state index contributed by atoms with van der Waals surface area (Å²) in [5.41, 5.74) is 2.58. The second-order valence-electron chi connectivity index (χ2n) is 5.21. The van der Waals surface area contributed by atoms with Crippen LogP contribution in [0.4, 0.5) is 0 Å². The van der Waals surface area contributed by atoms with E-state index in [1.165, 1.54) is 0 Å². The first-order chi connectivity index (χ1) is 9.90. The number of Topliss-reactive ketones (excluding diaryl/α,β-unsaturated/α-hetero) is 1. The fraction of sp³-hybridized carbons (Fsp3) is 0.500. The fourth-order valence-corrected chi connectivity index (χ4v) is 2.50. The van der Waals surface area contributed by atoms with Crippen LogP contribution in [0.25, 0.3) is 0 Å². The second-order valence-corrected chi connectivity index (χ2v) is 5.21. The van der Waals surface area contributed by atoms with E-state index in [2.05, 4.69) is 6.58 Å². The summed E-state index contributed by atoms with van der Waals surface area (Å²) in [6, 6.07) is 1.87. The zero-order valence-corrected chi connectivity index (χ0v) is 13.1. The molecule has 1 rings (SSSR count). The number of hydrogen-bond donors (Lipinski definition) is 1. The molecule has 1 aromatic heterocycles. The summed E-state index contributed by atoms with van der Waals surface area (Å²) in [5.74, 6) is -0.943. The lowest BCUT2D eigenvalue weighted by Crippen LogP contribution is -2.35. The molecule has 0 bridgehead atoms. The van der Waals surface area contributed by atoms with Gasteiger partial charge in [0.1, 0.15) is 0 Å². The minimum absolute atomic E-state index is 0.0342. The Kier molecular flexibility index (Phi) is 6.37. The Morgan fingerprint density at radius 1 is 1.38 bits per heavy atom. The Hall–Kier alpha value is -1.88. The van der Waals surface area contributed by atoms with Gasteiger partial charge in [0, 0.05) is 23.5 Å². The molecular weight excluding hydrogens is 268 g/mol. The van der Waals surface area contributed by atoms with Gasteiger partial charge in [-0.25, -0.2) is 0 Å². The van der Waals surface area contributed by atoms with Crippen LogP contribution in [-0.4, -0.2) is 46.0 Å². The van der Waals surface area contributed by atoms with Gasteiger partial charge < -0.3 is 9.67 Å². The van der Waals surface area contributed by atoms with Gasteiger partial charge in [0.25, 0.3) is 0 Å². The molecule has 21 heavy (non-hydrogen) atoms. The molecule has 0 aliphatic carbocycles. The summed E-state index contributed by atoms with van der Waals surface area (Å²) >= 11 is 0. The van der Waals surface area contributed by atoms with Gasteiger partial charge in [-0.15, -0.1) is 6.58 Å². The van der Waals surface area contributed by atoms with Crippen molar-refractivity contribution in [3.05, 3.63) is 35.7 Å². The maximum Gasteiger partial charge on any atom is 0.317 e. The Morgan fingerprint density at radius 3 is 2.57 bits per heavy atom. The highest BCUT2D eigenvalue weighted by Crippen LogP contribution is 2.16. The van der Waals surface area contributed by atoms with Crippen LogP contribution in [0.3, 0.4) is 0 Å². The van der Waals surface area contributed by atoms with E-state index in [0.717, 1.165) is 17.8 Å². The van der Waals surface area contributed by atoms with Crippen LogP contribution >= 0.6 is 0 Å². The number of aromatic nitrogens is 1. The first-order valence-electron chi connectivity index (χ1n) is 7.15. The Balaban J connectivity index is 2.89. The van der Waals surface area contributed by atoms with Gasteiger partial charge >= 0.3 is 5.97 Å². The van der Waals surface area contributed by atoms with Crippen LogP contribution in [0.1, 0.15) is 35.1 Å². The lowest BCUT2D eigenvalue weighted by Gasteiger charge is -2.18. The number of hydrogen-bond acceptors (Lipinski definition) is 3. The van der Waals surface area contributed by atoms with Crippen molar-refractivity contribution < 1.29 is 14.7 Å². The smallest absolute Gasteiger partial charge is 0.317 e. The first-order valence-corrected chi connectivity index (χ1v) is 7.15. The standard InChI is InChI=1S/C16H24N2O3/c1-5-7-17(11-16(20)21)10-15(19)14-9-12(3)18(8-6-2)13(14)4/h6,9H,2,5,7-8,10-11H2,1,3-4H3,(H,20,21). The summed E-state index contributed by atoms with van der Waals surface area (Å²) in [5, 5.41) is 8.90. The number of aliphatic carboxylic acids is 1. The van der Waals surface area contributed by atoms with Crippen molar-refractivity contribution in [2.45, 2.75) is 33.7 Å². The van der Waals surface area contributed by atoms with E-state index in [1.807, 2.05) is 31.4 Å². The molecule has 0 amide bonds. The van der Waals surface area contributed by atoms with E-state index in [4.69, 9.17) is 5.11 Å². The summed E-state index contributed by atoms with van der Waals surface area (Å²) in [7, 11) is 0. The van der Waals surface area contributed by atoms with Crippen molar-refractivity contribution >= 4 is 11.8 Å². The van der Waals surface area contributed by atoms with Crippen molar-refractivity contribution in [3.8, 4) is 0 Å². The zero-order chi connectivity index (χ0) is 16.0. The number of carbonyl (C=O) groups excluding carboxylic acids is 1. The predicted molar refractivity (Wildman–Crippen MR) is 82.8 cm³/mol. The maximum absolute atomic E-state index is 12.4.